The minimum Gasteiger partial charge on any atom is -0.342 e. The van der Waals surface area contributed by atoms with Gasteiger partial charge in [0.1, 0.15) is 0 Å². The Morgan fingerprint density at radius 1 is 1.12 bits per heavy atom. The molecule has 144 valence electrons. The third kappa shape index (κ3) is 4.30. The van der Waals surface area contributed by atoms with E-state index < -0.39 is 14.6 Å². The lowest BCUT2D eigenvalue weighted by molar-refractivity contribution is -0.131. The van der Waals surface area contributed by atoms with Crippen LogP contribution in [-0.4, -0.2) is 42.8 Å². The van der Waals surface area contributed by atoms with Crippen molar-refractivity contribution >= 4 is 15.7 Å². The SMILES string of the molecule is CC(C)(C)S(=O)(=O)CC1CCN(C(=O)Cc2ccc3c(c2)CCC3)CC1. The minimum atomic E-state index is -3.09. The van der Waals surface area contributed by atoms with Crippen LogP contribution in [0, 0.1) is 5.92 Å². The Morgan fingerprint density at radius 2 is 1.77 bits per heavy atom. The lowest BCUT2D eigenvalue weighted by Crippen LogP contribution is -2.42. The maximum Gasteiger partial charge on any atom is 0.226 e. The first-order valence-electron chi connectivity index (χ1n) is 9.76. The monoisotopic (exact) mass is 377 g/mol. The van der Waals surface area contributed by atoms with Gasteiger partial charge in [0.05, 0.1) is 16.9 Å². The number of rotatable bonds is 4. The fraction of sp³-hybridized carbons (Fsp3) is 0.667. The lowest BCUT2D eigenvalue weighted by Gasteiger charge is -2.33. The predicted molar refractivity (Wildman–Crippen MR) is 105 cm³/mol. The second-order valence-electron chi connectivity index (χ2n) is 8.85. The number of hydrogen-bond acceptors (Lipinski definition) is 3. The number of nitrogens with zero attached hydrogens (tertiary/aromatic N) is 1. The molecule has 1 aromatic carbocycles. The van der Waals surface area contributed by atoms with Crippen molar-refractivity contribution in [2.45, 2.75) is 64.0 Å². The standard InChI is InChI=1S/C21H31NO3S/c1-21(2,3)26(24,25)15-16-9-11-22(12-10-16)20(23)14-17-7-8-18-5-4-6-19(18)13-17/h7-8,13,16H,4-6,9-12,14-15H2,1-3H3. The molecule has 0 bridgehead atoms. The molecule has 0 N–H and O–H groups in total. The fourth-order valence-corrected chi connectivity index (χ4v) is 5.38. The van der Waals surface area contributed by atoms with E-state index in [9.17, 15) is 13.2 Å². The van der Waals surface area contributed by atoms with Crippen LogP contribution in [0.2, 0.25) is 0 Å². The smallest absolute Gasteiger partial charge is 0.226 e. The zero-order valence-electron chi connectivity index (χ0n) is 16.3. The number of amides is 1. The van der Waals surface area contributed by atoms with Crippen molar-refractivity contribution in [1.29, 1.82) is 0 Å². The Labute approximate surface area is 157 Å². The second-order valence-corrected chi connectivity index (χ2v) is 11.6. The molecule has 1 aliphatic carbocycles. The summed E-state index contributed by atoms with van der Waals surface area (Å²) in [5.41, 5.74) is 3.94. The van der Waals surface area contributed by atoms with E-state index in [0.717, 1.165) is 31.2 Å². The van der Waals surface area contributed by atoms with Gasteiger partial charge in [0.25, 0.3) is 0 Å². The average Bonchev–Trinajstić information content (AvgIpc) is 3.01. The topological polar surface area (TPSA) is 54.5 Å². The van der Waals surface area contributed by atoms with E-state index in [-0.39, 0.29) is 17.6 Å². The molecule has 4 nitrogen and oxygen atoms in total. The molecule has 0 aromatic heterocycles. The zero-order chi connectivity index (χ0) is 18.9. The molecule has 1 amide bonds. The van der Waals surface area contributed by atoms with Gasteiger partial charge in [-0.25, -0.2) is 8.42 Å². The van der Waals surface area contributed by atoms with Crippen molar-refractivity contribution < 1.29 is 13.2 Å². The first kappa shape index (κ1) is 19.4. The van der Waals surface area contributed by atoms with Crippen LogP contribution in [0.4, 0.5) is 0 Å². The van der Waals surface area contributed by atoms with Crippen LogP contribution in [0.5, 0.6) is 0 Å². The summed E-state index contributed by atoms with van der Waals surface area (Å²) in [6.45, 7) is 6.63. The molecule has 1 aliphatic heterocycles. The predicted octanol–water partition coefficient (Wildman–Crippen LogP) is 3.17. The van der Waals surface area contributed by atoms with E-state index in [4.69, 9.17) is 0 Å². The summed E-state index contributed by atoms with van der Waals surface area (Å²) in [6.07, 6.45) is 5.53. The number of likely N-dealkylation sites (tertiary alicyclic amines) is 1. The third-order valence-corrected chi connectivity index (χ3v) is 8.65. The highest BCUT2D eigenvalue weighted by Crippen LogP contribution is 2.26. The van der Waals surface area contributed by atoms with Crippen molar-refractivity contribution in [2.24, 2.45) is 5.92 Å². The molecule has 0 saturated carbocycles. The molecular formula is C21H31NO3S. The number of carbonyl (C=O) groups excluding carboxylic acids is 1. The van der Waals surface area contributed by atoms with Crippen molar-refractivity contribution in [3.63, 3.8) is 0 Å². The van der Waals surface area contributed by atoms with Crippen molar-refractivity contribution in [1.82, 2.24) is 4.90 Å². The molecule has 0 radical (unpaired) electrons. The van der Waals surface area contributed by atoms with Gasteiger partial charge in [-0.15, -0.1) is 0 Å². The molecule has 5 heteroatoms. The number of hydrogen-bond donors (Lipinski definition) is 0. The summed E-state index contributed by atoms with van der Waals surface area (Å²) in [5.74, 6) is 0.576. The highest BCUT2D eigenvalue weighted by Gasteiger charge is 2.33. The fourth-order valence-electron chi connectivity index (χ4n) is 3.93. The summed E-state index contributed by atoms with van der Waals surface area (Å²) in [7, 11) is -3.09. The van der Waals surface area contributed by atoms with Gasteiger partial charge in [-0.2, -0.15) is 0 Å². The van der Waals surface area contributed by atoms with Crippen LogP contribution < -0.4 is 0 Å². The Hall–Kier alpha value is -1.36. The van der Waals surface area contributed by atoms with Gasteiger partial charge in [-0.05, 0) is 75.5 Å². The van der Waals surface area contributed by atoms with Gasteiger partial charge in [0.15, 0.2) is 9.84 Å². The first-order valence-corrected chi connectivity index (χ1v) is 11.4. The van der Waals surface area contributed by atoms with Crippen LogP contribution in [0.1, 0.15) is 56.7 Å². The van der Waals surface area contributed by atoms with Gasteiger partial charge < -0.3 is 4.90 Å². The van der Waals surface area contributed by atoms with Crippen molar-refractivity contribution in [2.75, 3.05) is 18.8 Å². The van der Waals surface area contributed by atoms with Crippen LogP contribution >= 0.6 is 0 Å². The van der Waals surface area contributed by atoms with Gasteiger partial charge in [0.2, 0.25) is 5.91 Å². The van der Waals surface area contributed by atoms with Crippen molar-refractivity contribution in [3.05, 3.63) is 34.9 Å². The lowest BCUT2D eigenvalue weighted by atomic mass is 9.98. The molecule has 3 rings (SSSR count). The molecule has 1 fully saturated rings. The third-order valence-electron chi connectivity index (χ3n) is 5.87. The Bertz CT molecular complexity index is 769. The maximum atomic E-state index is 12.6. The zero-order valence-corrected chi connectivity index (χ0v) is 17.1. The maximum absolute atomic E-state index is 12.6. The van der Waals surface area contributed by atoms with Crippen LogP contribution in [0.25, 0.3) is 0 Å². The minimum absolute atomic E-state index is 0.167. The number of aryl methyl sites for hydroxylation is 2. The Morgan fingerprint density at radius 3 is 2.42 bits per heavy atom. The summed E-state index contributed by atoms with van der Waals surface area (Å²) < 4.78 is 24.1. The Balaban J connectivity index is 1.52. The van der Waals surface area contributed by atoms with Crippen LogP contribution in [-0.2, 0) is 33.9 Å². The molecule has 0 unspecified atom stereocenters. The molecule has 1 heterocycles. The van der Waals surface area contributed by atoms with Gasteiger partial charge >= 0.3 is 0 Å². The van der Waals surface area contributed by atoms with Gasteiger partial charge in [-0.3, -0.25) is 4.79 Å². The van der Waals surface area contributed by atoms with E-state index in [1.807, 2.05) is 4.90 Å². The molecule has 0 spiro atoms. The van der Waals surface area contributed by atoms with E-state index in [2.05, 4.69) is 18.2 Å². The quantitative estimate of drug-likeness (QED) is 0.810. The molecule has 26 heavy (non-hydrogen) atoms. The summed E-state index contributed by atoms with van der Waals surface area (Å²) in [5, 5.41) is 0. The second kappa shape index (κ2) is 7.34. The largest absolute Gasteiger partial charge is 0.342 e. The van der Waals surface area contributed by atoms with E-state index in [0.29, 0.717) is 19.5 Å². The highest BCUT2D eigenvalue weighted by atomic mass is 32.2. The van der Waals surface area contributed by atoms with E-state index >= 15 is 0 Å². The average molecular weight is 378 g/mol. The van der Waals surface area contributed by atoms with Crippen LogP contribution in [0.3, 0.4) is 0 Å². The normalized spacial score (nSPS) is 18.8. The summed E-state index contributed by atoms with van der Waals surface area (Å²) in [4.78, 5) is 14.5. The summed E-state index contributed by atoms with van der Waals surface area (Å²) in [6, 6.07) is 6.46. The summed E-state index contributed by atoms with van der Waals surface area (Å²) >= 11 is 0. The molecule has 1 aromatic rings. The molecule has 2 aliphatic rings. The number of fused-ring (bicyclic) bond motifs is 1. The highest BCUT2D eigenvalue weighted by molar-refractivity contribution is 7.92. The number of carbonyl (C=O) groups is 1. The Kier molecular flexibility index (Phi) is 5.48. The van der Waals surface area contributed by atoms with E-state index in [1.165, 1.54) is 17.5 Å². The molecule has 1 saturated heterocycles. The van der Waals surface area contributed by atoms with Gasteiger partial charge in [0, 0.05) is 13.1 Å². The number of sulfone groups is 1. The number of benzene rings is 1. The molecular weight excluding hydrogens is 346 g/mol. The van der Waals surface area contributed by atoms with E-state index in [1.54, 1.807) is 20.8 Å². The van der Waals surface area contributed by atoms with Crippen molar-refractivity contribution in [3.8, 4) is 0 Å². The first-order chi connectivity index (χ1) is 12.2. The molecule has 0 atom stereocenters. The van der Waals surface area contributed by atoms with Gasteiger partial charge in [-0.1, -0.05) is 18.2 Å². The number of piperidine rings is 1. The van der Waals surface area contributed by atoms with Crippen LogP contribution in [0.15, 0.2) is 18.2 Å².